The Bertz CT molecular complexity index is 960. The Kier molecular flexibility index (Phi) is 15.0. The number of aliphatic imine (C=N–C) groups is 1. The van der Waals surface area contributed by atoms with E-state index in [-0.39, 0.29) is 36.8 Å². The van der Waals surface area contributed by atoms with E-state index in [1.54, 1.807) is 0 Å². The Balaban J connectivity index is 2.97. The van der Waals surface area contributed by atoms with Gasteiger partial charge in [0.25, 0.3) is 0 Å². The van der Waals surface area contributed by atoms with Crippen molar-refractivity contribution in [1.29, 1.82) is 0 Å². The van der Waals surface area contributed by atoms with Crippen LogP contribution in [0.3, 0.4) is 0 Å². The Morgan fingerprint density at radius 1 is 0.974 bits per heavy atom. The quantitative estimate of drug-likeness (QED) is 0.0456. The number of hydrogen-bond acceptors (Lipinski definition) is 9. The summed E-state index contributed by atoms with van der Waals surface area (Å²) < 4.78 is 0. The first kappa shape index (κ1) is 32.9. The number of aliphatic carboxylic acids is 1. The van der Waals surface area contributed by atoms with E-state index >= 15 is 0 Å². The maximum Gasteiger partial charge on any atom is 0.326 e. The molecule has 13 nitrogen and oxygen atoms in total. The van der Waals surface area contributed by atoms with Crippen molar-refractivity contribution in [3.8, 4) is 5.75 Å². The fraction of sp³-hybridized carbons (Fsp3) is 0.522. The first-order valence-corrected chi connectivity index (χ1v) is 13.8. The average molecular weight is 572 g/mol. The Hall–Kier alpha value is -3.17. The van der Waals surface area contributed by atoms with Gasteiger partial charge in [0.15, 0.2) is 5.96 Å². The second-order valence-corrected chi connectivity index (χ2v) is 9.76. The molecule has 0 saturated carbocycles. The number of carboxylic acid groups (broad SMARTS) is 1. The number of benzene rings is 1. The van der Waals surface area contributed by atoms with Crippen molar-refractivity contribution in [3.63, 3.8) is 0 Å². The monoisotopic (exact) mass is 571 g/mol. The fourth-order valence-electron chi connectivity index (χ4n) is 3.23. The van der Waals surface area contributed by atoms with Crippen LogP contribution in [-0.2, 0) is 25.6 Å². The topological polar surface area (TPSA) is 235 Å². The molecule has 38 heavy (non-hydrogen) atoms. The van der Waals surface area contributed by atoms with Crippen LogP contribution >= 0.6 is 24.4 Å². The molecule has 15 heteroatoms. The van der Waals surface area contributed by atoms with Crippen LogP contribution in [0.5, 0.6) is 5.75 Å². The number of carbonyl (C=O) groups is 4. The van der Waals surface area contributed by atoms with Gasteiger partial charge in [0.1, 0.15) is 23.9 Å². The van der Waals surface area contributed by atoms with Crippen LogP contribution in [0, 0.1) is 0 Å². The summed E-state index contributed by atoms with van der Waals surface area (Å²) in [6.07, 6.45) is 2.62. The van der Waals surface area contributed by atoms with Crippen LogP contribution in [0.2, 0.25) is 0 Å². The number of phenolic OH excluding ortho intramolecular Hbond substituents is 1. The van der Waals surface area contributed by atoms with Crippen LogP contribution < -0.4 is 33.2 Å². The molecule has 0 aromatic heterocycles. The summed E-state index contributed by atoms with van der Waals surface area (Å²) in [6.45, 7) is 0.175. The van der Waals surface area contributed by atoms with Crippen molar-refractivity contribution in [2.75, 3.05) is 24.3 Å². The lowest BCUT2D eigenvalue weighted by Gasteiger charge is -2.24. The van der Waals surface area contributed by atoms with Crippen LogP contribution in [0.15, 0.2) is 29.3 Å². The van der Waals surface area contributed by atoms with Gasteiger partial charge in [-0.05, 0) is 49.0 Å². The standard InChI is InChI=1S/C23H37N7O6S2/c1-38-10-8-15(24)19(32)30-18(12-37)21(34)28-16(3-2-9-27-23(25)26)20(33)29-17(22(35)36)11-13-4-6-14(31)7-5-13/h4-7,15-18,31,37H,2-3,8-12,24H2,1H3,(H,28,34)(H,29,33)(H,30,32)(H,35,36)(H4,25,26,27). The molecule has 4 atom stereocenters. The van der Waals surface area contributed by atoms with E-state index in [2.05, 4.69) is 33.6 Å². The molecule has 0 fully saturated rings. The fourth-order valence-corrected chi connectivity index (χ4v) is 3.98. The third-order valence-electron chi connectivity index (χ3n) is 5.35. The minimum atomic E-state index is -1.31. The number of thiol groups is 1. The van der Waals surface area contributed by atoms with Crippen molar-refractivity contribution in [1.82, 2.24) is 16.0 Å². The second-order valence-electron chi connectivity index (χ2n) is 8.41. The second kappa shape index (κ2) is 17.4. The minimum absolute atomic E-state index is 0.0178. The first-order valence-electron chi connectivity index (χ1n) is 11.8. The van der Waals surface area contributed by atoms with Gasteiger partial charge in [-0.3, -0.25) is 19.4 Å². The molecule has 4 unspecified atom stereocenters. The van der Waals surface area contributed by atoms with Crippen LogP contribution in [0.4, 0.5) is 0 Å². The maximum atomic E-state index is 13.1. The molecule has 0 radical (unpaired) electrons. The minimum Gasteiger partial charge on any atom is -0.508 e. The molecule has 1 aromatic rings. The van der Waals surface area contributed by atoms with E-state index in [4.69, 9.17) is 17.2 Å². The van der Waals surface area contributed by atoms with Crippen molar-refractivity contribution < 1.29 is 29.4 Å². The lowest BCUT2D eigenvalue weighted by atomic mass is 10.0. The van der Waals surface area contributed by atoms with Crippen molar-refractivity contribution >= 4 is 54.0 Å². The molecular weight excluding hydrogens is 534 g/mol. The molecule has 1 rings (SSSR count). The van der Waals surface area contributed by atoms with Gasteiger partial charge in [0, 0.05) is 18.7 Å². The highest BCUT2D eigenvalue weighted by Gasteiger charge is 2.29. The Labute approximate surface area is 231 Å². The molecule has 212 valence electrons. The van der Waals surface area contributed by atoms with Gasteiger partial charge in [0.05, 0.1) is 6.04 Å². The lowest BCUT2D eigenvalue weighted by molar-refractivity contribution is -0.142. The average Bonchev–Trinajstić information content (AvgIpc) is 2.87. The molecule has 0 aliphatic rings. The highest BCUT2D eigenvalue weighted by Crippen LogP contribution is 2.12. The Morgan fingerprint density at radius 2 is 1.55 bits per heavy atom. The SMILES string of the molecule is CSCCC(N)C(=O)NC(CS)C(=O)NC(CCCN=C(N)N)C(=O)NC(Cc1ccc(O)cc1)C(=O)O. The smallest absolute Gasteiger partial charge is 0.326 e. The number of nitrogens with zero attached hydrogens (tertiary/aromatic N) is 1. The number of nitrogens with two attached hydrogens (primary N) is 3. The summed E-state index contributed by atoms with van der Waals surface area (Å²) >= 11 is 5.67. The molecular formula is C23H37N7O6S2. The summed E-state index contributed by atoms with van der Waals surface area (Å²) in [5.74, 6) is -2.74. The predicted molar refractivity (Wildman–Crippen MR) is 150 cm³/mol. The lowest BCUT2D eigenvalue weighted by Crippen LogP contribution is -2.57. The molecule has 11 N–H and O–H groups in total. The maximum absolute atomic E-state index is 13.1. The van der Waals surface area contributed by atoms with Crippen molar-refractivity contribution in [2.45, 2.75) is 49.9 Å². The van der Waals surface area contributed by atoms with Gasteiger partial charge in [-0.1, -0.05) is 12.1 Å². The number of carboxylic acids is 1. The first-order chi connectivity index (χ1) is 18.0. The number of rotatable bonds is 17. The third-order valence-corrected chi connectivity index (χ3v) is 6.36. The predicted octanol–water partition coefficient (Wildman–Crippen LogP) is -1.46. The normalized spacial score (nSPS) is 13.9. The van der Waals surface area contributed by atoms with Crippen molar-refractivity contribution in [3.05, 3.63) is 29.8 Å². The molecule has 3 amide bonds. The van der Waals surface area contributed by atoms with Crippen LogP contribution in [0.25, 0.3) is 0 Å². The molecule has 0 aliphatic heterocycles. The van der Waals surface area contributed by atoms with Crippen molar-refractivity contribution in [2.24, 2.45) is 22.2 Å². The molecule has 0 spiro atoms. The number of carbonyl (C=O) groups excluding carboxylic acids is 3. The van der Waals surface area contributed by atoms with E-state index in [1.165, 1.54) is 36.0 Å². The van der Waals surface area contributed by atoms with Gasteiger partial charge in [-0.15, -0.1) is 0 Å². The number of phenols is 1. The third kappa shape index (κ3) is 12.4. The number of guanidine groups is 1. The van der Waals surface area contributed by atoms with E-state index in [0.29, 0.717) is 24.2 Å². The van der Waals surface area contributed by atoms with Gasteiger partial charge >= 0.3 is 5.97 Å². The number of hydrogen-bond donors (Lipinski definition) is 9. The summed E-state index contributed by atoms with van der Waals surface area (Å²) in [7, 11) is 0. The van der Waals surface area contributed by atoms with Gasteiger partial charge < -0.3 is 43.4 Å². The zero-order valence-corrected chi connectivity index (χ0v) is 22.8. The van der Waals surface area contributed by atoms with Crippen LogP contribution in [-0.4, -0.2) is 88.3 Å². The zero-order chi connectivity index (χ0) is 28.7. The summed E-state index contributed by atoms with van der Waals surface area (Å²) in [4.78, 5) is 54.1. The number of thioether (sulfide) groups is 1. The summed E-state index contributed by atoms with van der Waals surface area (Å²) in [5.41, 5.74) is 17.1. The van der Waals surface area contributed by atoms with Crippen LogP contribution in [0.1, 0.15) is 24.8 Å². The van der Waals surface area contributed by atoms with E-state index in [0.717, 1.165) is 0 Å². The van der Waals surface area contributed by atoms with E-state index < -0.39 is 47.9 Å². The van der Waals surface area contributed by atoms with E-state index in [1.807, 2.05) is 6.26 Å². The number of aromatic hydroxyl groups is 1. The highest BCUT2D eigenvalue weighted by atomic mass is 32.2. The Morgan fingerprint density at radius 3 is 2.11 bits per heavy atom. The van der Waals surface area contributed by atoms with Gasteiger partial charge in [0.2, 0.25) is 17.7 Å². The molecule has 0 bridgehead atoms. The van der Waals surface area contributed by atoms with Gasteiger partial charge in [-0.2, -0.15) is 24.4 Å². The summed E-state index contributed by atoms with van der Waals surface area (Å²) in [6, 6.07) is 1.54. The molecule has 0 heterocycles. The van der Waals surface area contributed by atoms with E-state index in [9.17, 15) is 29.4 Å². The summed E-state index contributed by atoms with van der Waals surface area (Å²) in [5, 5.41) is 26.6. The zero-order valence-electron chi connectivity index (χ0n) is 21.1. The van der Waals surface area contributed by atoms with Gasteiger partial charge in [-0.25, -0.2) is 4.79 Å². The largest absolute Gasteiger partial charge is 0.508 e. The highest BCUT2D eigenvalue weighted by molar-refractivity contribution is 7.98. The number of nitrogens with one attached hydrogen (secondary N) is 3. The molecule has 1 aromatic carbocycles. The molecule has 0 aliphatic carbocycles. The number of amides is 3. The molecule has 0 saturated heterocycles.